The van der Waals surface area contributed by atoms with Gasteiger partial charge in [0.15, 0.2) is 0 Å². The maximum absolute atomic E-state index is 13.8. The largest absolute Gasteiger partial charge is 0.493 e. The predicted molar refractivity (Wildman–Crippen MR) is 131 cm³/mol. The second-order valence-electron chi connectivity index (χ2n) is 10.3. The second-order valence-corrected chi connectivity index (χ2v) is 10.3. The number of carbonyl (C=O) groups is 3. The summed E-state index contributed by atoms with van der Waals surface area (Å²) in [6, 6.07) is 9.78. The molecule has 3 amide bonds. The van der Waals surface area contributed by atoms with Crippen molar-refractivity contribution >= 4 is 17.7 Å². The highest BCUT2D eigenvalue weighted by Crippen LogP contribution is 2.38. The van der Waals surface area contributed by atoms with Crippen LogP contribution in [0.3, 0.4) is 0 Å². The summed E-state index contributed by atoms with van der Waals surface area (Å²) in [5, 5.41) is 2.33. The van der Waals surface area contributed by atoms with E-state index in [1.165, 1.54) is 11.0 Å². The van der Waals surface area contributed by atoms with Gasteiger partial charge in [-0.25, -0.2) is 4.39 Å². The zero-order chi connectivity index (χ0) is 25.5. The Bertz CT molecular complexity index is 1250. The number of rotatable bonds is 6. The van der Waals surface area contributed by atoms with Crippen molar-refractivity contribution < 1.29 is 28.2 Å². The second kappa shape index (κ2) is 9.87. The smallest absolute Gasteiger partial charge is 0.255 e. The molecule has 2 saturated heterocycles. The summed E-state index contributed by atoms with van der Waals surface area (Å²) in [6.45, 7) is 3.93. The number of nitrogens with zero attached hydrogens (tertiary/aromatic N) is 2. The van der Waals surface area contributed by atoms with Gasteiger partial charge < -0.3 is 19.3 Å². The van der Waals surface area contributed by atoms with E-state index in [2.05, 4.69) is 10.2 Å². The molecule has 2 fully saturated rings. The van der Waals surface area contributed by atoms with E-state index in [1.54, 1.807) is 18.2 Å². The van der Waals surface area contributed by atoms with Crippen LogP contribution < -0.4 is 10.1 Å². The molecule has 4 heterocycles. The van der Waals surface area contributed by atoms with Crippen molar-refractivity contribution in [1.82, 2.24) is 15.1 Å². The number of ether oxygens (including phenoxy) is 2. The van der Waals surface area contributed by atoms with Crippen molar-refractivity contribution in [3.8, 4) is 5.75 Å². The van der Waals surface area contributed by atoms with Gasteiger partial charge in [-0.1, -0.05) is 12.1 Å². The number of carbonyl (C=O) groups excluding carboxylic acids is 3. The molecule has 6 rings (SSSR count). The molecule has 4 aliphatic rings. The Labute approximate surface area is 214 Å². The van der Waals surface area contributed by atoms with E-state index in [9.17, 15) is 18.8 Å². The van der Waals surface area contributed by atoms with E-state index in [4.69, 9.17) is 9.47 Å². The predicted octanol–water partition coefficient (Wildman–Crippen LogP) is 2.74. The third-order valence-electron chi connectivity index (χ3n) is 8.02. The van der Waals surface area contributed by atoms with Gasteiger partial charge >= 0.3 is 0 Å². The average molecular weight is 508 g/mol. The summed E-state index contributed by atoms with van der Waals surface area (Å²) in [5.74, 6) is -0.205. The van der Waals surface area contributed by atoms with E-state index >= 15 is 0 Å². The molecular formula is C28H30FN3O5. The summed E-state index contributed by atoms with van der Waals surface area (Å²) in [4.78, 5) is 40.7. The number of imide groups is 1. The molecule has 8 nitrogen and oxygen atoms in total. The van der Waals surface area contributed by atoms with Gasteiger partial charge in [-0.15, -0.1) is 0 Å². The Kier molecular flexibility index (Phi) is 6.42. The van der Waals surface area contributed by atoms with Crippen LogP contribution in [0.2, 0.25) is 0 Å². The lowest BCUT2D eigenvalue weighted by molar-refractivity contribution is -0.136. The third-order valence-corrected chi connectivity index (χ3v) is 8.02. The fourth-order valence-corrected chi connectivity index (χ4v) is 6.11. The number of halogens is 1. The molecule has 0 bridgehead atoms. The average Bonchev–Trinajstić information content (AvgIpc) is 3.23. The maximum Gasteiger partial charge on any atom is 0.255 e. The molecule has 0 spiro atoms. The molecule has 37 heavy (non-hydrogen) atoms. The lowest BCUT2D eigenvalue weighted by atomic mass is 9.82. The van der Waals surface area contributed by atoms with Gasteiger partial charge in [0, 0.05) is 36.6 Å². The molecule has 3 atom stereocenters. The fraction of sp³-hybridized carbons (Fsp3) is 0.464. The van der Waals surface area contributed by atoms with Gasteiger partial charge in [-0.05, 0) is 61.2 Å². The maximum atomic E-state index is 13.8. The zero-order valence-electron chi connectivity index (χ0n) is 20.6. The van der Waals surface area contributed by atoms with Crippen LogP contribution in [0.5, 0.6) is 5.75 Å². The van der Waals surface area contributed by atoms with Crippen LogP contribution in [0.15, 0.2) is 36.4 Å². The molecule has 3 unspecified atom stereocenters. The molecule has 2 aromatic rings. The number of hydrogen-bond acceptors (Lipinski definition) is 6. The number of piperidine rings is 2. The summed E-state index contributed by atoms with van der Waals surface area (Å²) >= 11 is 0. The van der Waals surface area contributed by atoms with Gasteiger partial charge in [-0.2, -0.15) is 0 Å². The van der Waals surface area contributed by atoms with E-state index in [0.29, 0.717) is 37.5 Å². The van der Waals surface area contributed by atoms with Gasteiger partial charge in [0.05, 0.1) is 25.9 Å². The van der Waals surface area contributed by atoms with Gasteiger partial charge in [0.2, 0.25) is 11.8 Å². The number of likely N-dealkylation sites (tertiary alicyclic amines) is 1. The van der Waals surface area contributed by atoms with Crippen LogP contribution >= 0.6 is 0 Å². The van der Waals surface area contributed by atoms with Crippen LogP contribution in [0.1, 0.15) is 58.6 Å². The molecule has 9 heteroatoms. The number of fused-ring (bicyclic) bond motifs is 4. The first kappa shape index (κ1) is 24.1. The number of benzene rings is 2. The SMILES string of the molecule is O=C1CCC(N2Cc3c(OCCCN4CCC5c6cc(F)ccc6COC5C4)cccc3C2=O)C(=O)N1. The zero-order valence-corrected chi connectivity index (χ0v) is 20.6. The first-order valence-electron chi connectivity index (χ1n) is 13.0. The highest BCUT2D eigenvalue weighted by molar-refractivity contribution is 6.05. The number of amides is 3. The van der Waals surface area contributed by atoms with Gasteiger partial charge in [0.25, 0.3) is 5.91 Å². The summed E-state index contributed by atoms with van der Waals surface area (Å²) in [5.41, 5.74) is 3.53. The Morgan fingerprint density at radius 1 is 1.14 bits per heavy atom. The first-order chi connectivity index (χ1) is 18.0. The molecule has 0 aliphatic carbocycles. The quantitative estimate of drug-likeness (QED) is 0.478. The van der Waals surface area contributed by atoms with Gasteiger partial charge in [-0.3, -0.25) is 19.7 Å². The molecule has 1 N–H and O–H groups in total. The molecular weight excluding hydrogens is 477 g/mol. The summed E-state index contributed by atoms with van der Waals surface area (Å²) in [7, 11) is 0. The molecule has 194 valence electrons. The Balaban J connectivity index is 1.02. The Morgan fingerprint density at radius 2 is 2.03 bits per heavy atom. The minimum absolute atomic E-state index is 0.0747. The first-order valence-corrected chi connectivity index (χ1v) is 13.0. The lowest BCUT2D eigenvalue weighted by Gasteiger charge is -2.42. The van der Waals surface area contributed by atoms with Crippen LogP contribution in [0, 0.1) is 5.82 Å². The van der Waals surface area contributed by atoms with E-state index < -0.39 is 11.9 Å². The number of nitrogens with one attached hydrogen (secondary N) is 1. The molecule has 0 aromatic heterocycles. The van der Waals surface area contributed by atoms with Crippen LogP contribution in [0.4, 0.5) is 4.39 Å². The normalized spacial score (nSPS) is 25.4. The van der Waals surface area contributed by atoms with Crippen LogP contribution in [0.25, 0.3) is 0 Å². The van der Waals surface area contributed by atoms with Gasteiger partial charge in [0.1, 0.15) is 17.6 Å². The van der Waals surface area contributed by atoms with Crippen molar-refractivity contribution in [1.29, 1.82) is 0 Å². The summed E-state index contributed by atoms with van der Waals surface area (Å²) < 4.78 is 26.0. The third kappa shape index (κ3) is 4.62. The standard InChI is InChI=1S/C28H30FN3O5/c29-18-6-5-17-16-37-25-15-31(11-9-19(25)21(17)13-18)10-2-12-36-24-4-1-3-20-22(24)14-32(28(20)35)23-7-8-26(33)30-27(23)34/h1,3-6,13,19,23,25H,2,7-12,14-16H2,(H,30,33,34). The highest BCUT2D eigenvalue weighted by atomic mass is 19.1. The minimum atomic E-state index is -0.640. The summed E-state index contributed by atoms with van der Waals surface area (Å²) in [6.07, 6.45) is 2.39. The number of hydrogen-bond donors (Lipinski definition) is 1. The Morgan fingerprint density at radius 3 is 2.89 bits per heavy atom. The van der Waals surface area contributed by atoms with E-state index in [-0.39, 0.29) is 36.1 Å². The highest BCUT2D eigenvalue weighted by Gasteiger charge is 2.40. The van der Waals surface area contributed by atoms with E-state index in [0.717, 1.165) is 49.2 Å². The van der Waals surface area contributed by atoms with Crippen molar-refractivity contribution in [2.75, 3.05) is 26.2 Å². The van der Waals surface area contributed by atoms with Crippen molar-refractivity contribution in [3.63, 3.8) is 0 Å². The molecule has 2 aromatic carbocycles. The van der Waals surface area contributed by atoms with Crippen LogP contribution in [-0.4, -0.2) is 65.9 Å². The van der Waals surface area contributed by atoms with Crippen molar-refractivity contribution in [2.45, 2.75) is 56.9 Å². The molecule has 0 saturated carbocycles. The molecule has 0 radical (unpaired) electrons. The monoisotopic (exact) mass is 507 g/mol. The van der Waals surface area contributed by atoms with Crippen LogP contribution in [-0.2, 0) is 27.5 Å². The van der Waals surface area contributed by atoms with Crippen molar-refractivity contribution in [3.05, 3.63) is 64.5 Å². The minimum Gasteiger partial charge on any atom is -0.493 e. The Hall–Kier alpha value is -3.30. The van der Waals surface area contributed by atoms with Crippen molar-refractivity contribution in [2.24, 2.45) is 0 Å². The molecule has 4 aliphatic heterocycles. The topological polar surface area (TPSA) is 88.2 Å². The fourth-order valence-electron chi connectivity index (χ4n) is 6.11. The lowest BCUT2D eigenvalue weighted by Crippen LogP contribution is -2.52. The van der Waals surface area contributed by atoms with E-state index in [1.807, 2.05) is 12.1 Å².